The predicted octanol–water partition coefficient (Wildman–Crippen LogP) is 3.32. The first-order valence-corrected chi connectivity index (χ1v) is 10.2. The number of carbonyl (C=O) groups is 2. The van der Waals surface area contributed by atoms with E-state index in [4.69, 9.17) is 0 Å². The van der Waals surface area contributed by atoms with Gasteiger partial charge in [-0.3, -0.25) is 23.9 Å². The lowest BCUT2D eigenvalue weighted by Gasteiger charge is -2.16. The second-order valence-electron chi connectivity index (χ2n) is 8.30. The van der Waals surface area contributed by atoms with Gasteiger partial charge in [0, 0.05) is 23.5 Å². The summed E-state index contributed by atoms with van der Waals surface area (Å²) < 4.78 is 1.40. The fourth-order valence-corrected chi connectivity index (χ4v) is 3.32. The smallest absolute Gasteiger partial charge is 0.322 e. The lowest BCUT2D eigenvalue weighted by Crippen LogP contribution is -2.33. The average Bonchev–Trinajstić information content (AvgIpc) is 2.70. The summed E-state index contributed by atoms with van der Waals surface area (Å²) in [6.45, 7) is 9.53. The van der Waals surface area contributed by atoms with Crippen LogP contribution in [0.3, 0.4) is 0 Å². The molecule has 0 bridgehead atoms. The van der Waals surface area contributed by atoms with Crippen molar-refractivity contribution in [3.8, 4) is 0 Å². The number of pyridine rings is 1. The van der Waals surface area contributed by atoms with Crippen molar-refractivity contribution in [1.82, 2.24) is 14.5 Å². The van der Waals surface area contributed by atoms with Crippen LogP contribution in [0.25, 0.3) is 11.0 Å². The third-order valence-corrected chi connectivity index (χ3v) is 4.88. The Kier molecular flexibility index (Phi) is 6.19. The molecule has 0 aliphatic rings. The molecule has 0 atom stereocenters. The van der Waals surface area contributed by atoms with Crippen molar-refractivity contribution in [2.24, 2.45) is 5.92 Å². The zero-order valence-corrected chi connectivity index (χ0v) is 18.3. The molecule has 0 aliphatic carbocycles. The maximum absolute atomic E-state index is 13.2. The van der Waals surface area contributed by atoms with Crippen LogP contribution in [0.5, 0.6) is 0 Å². The standard InChI is InChI=1S/C23H26N4O4/c1-12(2)11-27-20-19(22(30)26-23(27)31)17(10-18(25-20)13(3)4)21(29)24-16-8-6-7-15(9-16)14(5)28/h6-10,12-13H,11H2,1-5H3,(H,24,29)(H,26,30,31). The highest BCUT2D eigenvalue weighted by molar-refractivity contribution is 6.12. The van der Waals surface area contributed by atoms with E-state index in [1.54, 1.807) is 30.3 Å². The van der Waals surface area contributed by atoms with Gasteiger partial charge >= 0.3 is 5.69 Å². The molecule has 1 aromatic carbocycles. The van der Waals surface area contributed by atoms with E-state index in [2.05, 4.69) is 15.3 Å². The molecular weight excluding hydrogens is 396 g/mol. The van der Waals surface area contributed by atoms with E-state index in [1.165, 1.54) is 11.5 Å². The first kappa shape index (κ1) is 22.1. The minimum atomic E-state index is -0.662. The Morgan fingerprint density at radius 1 is 1.13 bits per heavy atom. The highest BCUT2D eigenvalue weighted by atomic mass is 16.2. The number of hydrogen-bond donors (Lipinski definition) is 2. The number of hydrogen-bond acceptors (Lipinski definition) is 5. The van der Waals surface area contributed by atoms with Gasteiger partial charge in [-0.05, 0) is 37.0 Å². The summed E-state index contributed by atoms with van der Waals surface area (Å²) in [6, 6.07) is 8.15. The van der Waals surface area contributed by atoms with Gasteiger partial charge in [-0.25, -0.2) is 9.78 Å². The number of aromatic amines is 1. The van der Waals surface area contributed by atoms with Gasteiger partial charge in [0.15, 0.2) is 11.4 Å². The van der Waals surface area contributed by atoms with Crippen LogP contribution in [0, 0.1) is 5.92 Å². The zero-order chi connectivity index (χ0) is 22.9. The lowest BCUT2D eigenvalue weighted by molar-refractivity contribution is 0.101. The van der Waals surface area contributed by atoms with E-state index >= 15 is 0 Å². The van der Waals surface area contributed by atoms with Crippen molar-refractivity contribution in [2.45, 2.75) is 47.1 Å². The first-order chi connectivity index (χ1) is 14.6. The second-order valence-corrected chi connectivity index (χ2v) is 8.30. The molecular formula is C23H26N4O4. The highest BCUT2D eigenvalue weighted by Crippen LogP contribution is 2.22. The maximum atomic E-state index is 13.2. The Bertz CT molecular complexity index is 1280. The van der Waals surface area contributed by atoms with E-state index in [1.807, 2.05) is 27.7 Å². The number of nitrogens with zero attached hydrogens (tertiary/aromatic N) is 2. The van der Waals surface area contributed by atoms with Gasteiger partial charge in [-0.1, -0.05) is 39.8 Å². The topological polar surface area (TPSA) is 114 Å². The Hall–Kier alpha value is -3.55. The SMILES string of the molecule is CC(=O)c1cccc(NC(=O)c2cc(C(C)C)nc3c2c(=O)[nH]c(=O)n3CC(C)C)c1. The van der Waals surface area contributed by atoms with Gasteiger partial charge in [0.25, 0.3) is 11.5 Å². The molecule has 1 amide bonds. The number of amides is 1. The van der Waals surface area contributed by atoms with Crippen LogP contribution in [-0.4, -0.2) is 26.2 Å². The molecule has 0 fully saturated rings. The number of Topliss-reactive ketones (excluding diaryl/α,β-unsaturated/α-hetero) is 1. The number of aromatic nitrogens is 3. The van der Waals surface area contributed by atoms with E-state index in [0.717, 1.165) is 0 Å². The number of nitrogens with one attached hydrogen (secondary N) is 2. The zero-order valence-electron chi connectivity index (χ0n) is 18.3. The molecule has 0 saturated heterocycles. The Labute approximate surface area is 179 Å². The van der Waals surface area contributed by atoms with Crippen molar-refractivity contribution in [2.75, 3.05) is 5.32 Å². The van der Waals surface area contributed by atoms with Crippen LogP contribution >= 0.6 is 0 Å². The summed E-state index contributed by atoms with van der Waals surface area (Å²) in [7, 11) is 0. The third-order valence-electron chi connectivity index (χ3n) is 4.88. The molecule has 162 valence electrons. The van der Waals surface area contributed by atoms with Gasteiger partial charge in [0.05, 0.1) is 10.9 Å². The third kappa shape index (κ3) is 4.63. The normalized spacial score (nSPS) is 11.3. The molecule has 3 aromatic rings. The summed E-state index contributed by atoms with van der Waals surface area (Å²) in [5.74, 6) is -0.543. The van der Waals surface area contributed by atoms with E-state index < -0.39 is 17.2 Å². The summed E-state index contributed by atoms with van der Waals surface area (Å²) >= 11 is 0. The minimum absolute atomic E-state index is 0.0288. The summed E-state index contributed by atoms with van der Waals surface area (Å²) in [6.07, 6.45) is 0. The van der Waals surface area contributed by atoms with Gasteiger partial charge < -0.3 is 5.32 Å². The van der Waals surface area contributed by atoms with E-state index in [0.29, 0.717) is 23.5 Å². The number of benzene rings is 1. The number of fused-ring (bicyclic) bond motifs is 1. The largest absolute Gasteiger partial charge is 0.330 e. The molecule has 3 rings (SSSR count). The van der Waals surface area contributed by atoms with Crippen LogP contribution in [-0.2, 0) is 6.54 Å². The van der Waals surface area contributed by atoms with Crippen LogP contribution in [0.2, 0.25) is 0 Å². The molecule has 2 heterocycles. The Morgan fingerprint density at radius 2 is 1.84 bits per heavy atom. The predicted molar refractivity (Wildman–Crippen MR) is 120 cm³/mol. The first-order valence-electron chi connectivity index (χ1n) is 10.2. The molecule has 0 saturated carbocycles. The molecule has 8 heteroatoms. The van der Waals surface area contributed by atoms with Crippen LogP contribution < -0.4 is 16.6 Å². The van der Waals surface area contributed by atoms with Gasteiger partial charge in [-0.2, -0.15) is 0 Å². The number of anilines is 1. The summed E-state index contributed by atoms with van der Waals surface area (Å²) in [5.41, 5.74) is 0.588. The Balaban J connectivity index is 2.22. The number of rotatable bonds is 6. The minimum Gasteiger partial charge on any atom is -0.322 e. The number of carbonyl (C=O) groups excluding carboxylic acids is 2. The molecule has 31 heavy (non-hydrogen) atoms. The van der Waals surface area contributed by atoms with Crippen molar-refractivity contribution in [3.63, 3.8) is 0 Å². The molecule has 0 unspecified atom stereocenters. The van der Waals surface area contributed by atoms with E-state index in [9.17, 15) is 19.2 Å². The number of ketones is 1. The van der Waals surface area contributed by atoms with Crippen LogP contribution in [0.1, 0.15) is 66.9 Å². The summed E-state index contributed by atoms with van der Waals surface area (Å²) in [4.78, 5) is 56.9. The van der Waals surface area contributed by atoms with Crippen LogP contribution in [0.4, 0.5) is 5.69 Å². The average molecular weight is 422 g/mol. The second kappa shape index (κ2) is 8.67. The monoisotopic (exact) mass is 422 g/mol. The van der Waals surface area contributed by atoms with Crippen LogP contribution in [0.15, 0.2) is 39.9 Å². The summed E-state index contributed by atoms with van der Waals surface area (Å²) in [5, 5.41) is 2.81. The van der Waals surface area contributed by atoms with Crippen molar-refractivity contribution >= 4 is 28.4 Å². The fraction of sp³-hybridized carbons (Fsp3) is 0.348. The molecule has 0 radical (unpaired) electrons. The highest BCUT2D eigenvalue weighted by Gasteiger charge is 2.21. The molecule has 8 nitrogen and oxygen atoms in total. The van der Waals surface area contributed by atoms with Crippen molar-refractivity contribution in [3.05, 3.63) is 68.0 Å². The fourth-order valence-electron chi connectivity index (χ4n) is 3.32. The molecule has 2 N–H and O–H groups in total. The van der Waals surface area contributed by atoms with Gasteiger partial charge in [-0.15, -0.1) is 0 Å². The van der Waals surface area contributed by atoms with E-state index in [-0.39, 0.29) is 34.2 Å². The molecule has 0 spiro atoms. The lowest BCUT2D eigenvalue weighted by atomic mass is 10.0. The maximum Gasteiger partial charge on any atom is 0.330 e. The molecule has 0 aliphatic heterocycles. The van der Waals surface area contributed by atoms with Crippen molar-refractivity contribution < 1.29 is 9.59 Å². The number of H-pyrrole nitrogens is 1. The molecule has 2 aromatic heterocycles. The quantitative estimate of drug-likeness (QED) is 0.592. The van der Waals surface area contributed by atoms with Gasteiger partial charge in [0.1, 0.15) is 0 Å². The van der Waals surface area contributed by atoms with Gasteiger partial charge in [0.2, 0.25) is 0 Å². The Morgan fingerprint density at radius 3 is 2.45 bits per heavy atom. The van der Waals surface area contributed by atoms with Crippen molar-refractivity contribution in [1.29, 1.82) is 0 Å².